The van der Waals surface area contributed by atoms with Crippen molar-refractivity contribution in [1.82, 2.24) is 9.55 Å². The molecule has 0 aliphatic carbocycles. The van der Waals surface area contributed by atoms with Crippen molar-refractivity contribution in [2.24, 2.45) is 5.92 Å². The van der Waals surface area contributed by atoms with Crippen molar-refractivity contribution < 1.29 is 37.3 Å². The Morgan fingerprint density at radius 3 is 2.00 bits per heavy atom. The van der Waals surface area contributed by atoms with Gasteiger partial charge in [0.25, 0.3) is 5.56 Å². The third-order valence-corrected chi connectivity index (χ3v) is 14.2. The summed E-state index contributed by atoms with van der Waals surface area (Å²) in [5, 5.41) is 0. The standard InChI is InChI=1S/C43H48BN2O10PS/c1-28-23-40(46-25-29(2)41(47)45-42(46)48)55-37(28)27-53-57(49,58-35-13-9-6-10-14-35)56-36-24-39(44)54-38(36)26-52-43(30-11-7-5-8-12-30,31-15-19-33(50-3)20-16-31)32-17-21-34(51-4)22-18-32/h5-22,25,28,36-40H,23-24,26-27,44H2,1-4H3,(H,45,47,48)/t28-,36-,37-,38-,39-,40-,57?/m1/s1. The average Bonchev–Trinajstić information content (AvgIpc) is 3.79. The van der Waals surface area contributed by atoms with E-state index in [9.17, 15) is 14.2 Å². The van der Waals surface area contributed by atoms with E-state index in [0.717, 1.165) is 28.1 Å². The van der Waals surface area contributed by atoms with Gasteiger partial charge in [0, 0.05) is 22.7 Å². The lowest BCUT2D eigenvalue weighted by molar-refractivity contribution is -0.0719. The summed E-state index contributed by atoms with van der Waals surface area (Å²) in [4.78, 5) is 27.7. The van der Waals surface area contributed by atoms with Crippen molar-refractivity contribution in [3.63, 3.8) is 0 Å². The van der Waals surface area contributed by atoms with E-state index >= 15 is 0 Å². The van der Waals surface area contributed by atoms with Crippen molar-refractivity contribution in [2.75, 3.05) is 27.4 Å². The maximum Gasteiger partial charge on any atom is 0.394 e. The minimum Gasteiger partial charge on any atom is -0.497 e. The van der Waals surface area contributed by atoms with Gasteiger partial charge in [0.05, 0.1) is 39.6 Å². The number of rotatable bonds is 16. The van der Waals surface area contributed by atoms with Crippen molar-refractivity contribution in [3.8, 4) is 11.5 Å². The molecule has 2 aliphatic heterocycles. The summed E-state index contributed by atoms with van der Waals surface area (Å²) in [6, 6.07) is 34.7. The van der Waals surface area contributed by atoms with Gasteiger partial charge in [0.2, 0.25) is 0 Å². The number of hydrogen-bond donors (Lipinski definition) is 1. The van der Waals surface area contributed by atoms with Crippen LogP contribution in [0.3, 0.4) is 0 Å². The smallest absolute Gasteiger partial charge is 0.394 e. The lowest BCUT2D eigenvalue weighted by atomic mass is 9.80. The summed E-state index contributed by atoms with van der Waals surface area (Å²) >= 11 is 1.03. The molecule has 0 saturated carbocycles. The number of hydrogen-bond acceptors (Lipinski definition) is 11. The monoisotopic (exact) mass is 826 g/mol. The first-order valence-electron chi connectivity index (χ1n) is 19.3. The van der Waals surface area contributed by atoms with Crippen molar-refractivity contribution >= 4 is 26.0 Å². The Hall–Kier alpha value is -4.40. The second kappa shape index (κ2) is 18.3. The number of nitrogens with one attached hydrogen (secondary N) is 1. The maximum absolute atomic E-state index is 15.0. The summed E-state index contributed by atoms with van der Waals surface area (Å²) in [6.45, 7) is -0.305. The number of aryl methyl sites for hydroxylation is 1. The van der Waals surface area contributed by atoms with Crippen LogP contribution in [0.5, 0.6) is 11.5 Å². The summed E-state index contributed by atoms with van der Waals surface area (Å²) in [7, 11) is 5.22. The lowest BCUT2D eigenvalue weighted by Crippen LogP contribution is -2.38. The number of benzene rings is 4. The molecule has 0 spiro atoms. The van der Waals surface area contributed by atoms with Crippen LogP contribution in [0, 0.1) is 12.8 Å². The molecule has 7 atom stereocenters. The summed E-state index contributed by atoms with van der Waals surface area (Å²) < 4.78 is 60.2. The third-order valence-electron chi connectivity index (χ3n) is 10.6. The molecule has 304 valence electrons. The van der Waals surface area contributed by atoms with E-state index in [0.29, 0.717) is 34.8 Å². The molecular weight excluding hydrogens is 778 g/mol. The van der Waals surface area contributed by atoms with Crippen LogP contribution >= 0.6 is 18.2 Å². The van der Waals surface area contributed by atoms with Gasteiger partial charge in [-0.3, -0.25) is 23.4 Å². The minimum absolute atomic E-state index is 0.0534. The van der Waals surface area contributed by atoms with Gasteiger partial charge in [-0.05, 0) is 90.2 Å². The van der Waals surface area contributed by atoms with E-state index in [2.05, 4.69) is 4.98 Å². The SMILES string of the molecule is B[C@H]1C[C@@H](OP(=O)(OC[C@H]2O[C@@H](n3cc(C)c(=O)[nH]c3=O)C[C@H]2C)Sc2ccccc2)[C@@H](COC(c2ccccc2)(c2ccc(OC)cc2)c2ccc(OC)cc2)O1. The van der Waals surface area contributed by atoms with Gasteiger partial charge < -0.3 is 23.7 Å². The average molecular weight is 827 g/mol. The quantitative estimate of drug-likeness (QED) is 0.0636. The molecular formula is C43H48BN2O10PS. The van der Waals surface area contributed by atoms with Crippen molar-refractivity contribution in [2.45, 2.75) is 67.7 Å². The first kappa shape index (κ1) is 41.8. The zero-order valence-electron chi connectivity index (χ0n) is 33.1. The highest BCUT2D eigenvalue weighted by molar-refractivity contribution is 8.55. The Morgan fingerprint density at radius 2 is 1.40 bits per heavy atom. The van der Waals surface area contributed by atoms with Crippen LogP contribution < -0.4 is 20.7 Å². The molecule has 2 aliphatic rings. The topological polar surface area (TPSA) is 137 Å². The number of nitrogens with zero attached hydrogens (tertiary/aromatic N) is 1. The van der Waals surface area contributed by atoms with E-state index in [1.807, 2.05) is 124 Å². The molecule has 2 saturated heterocycles. The molecule has 3 heterocycles. The number of methoxy groups -OCH3 is 2. The summed E-state index contributed by atoms with van der Waals surface area (Å²) in [6.07, 6.45) is 0.0400. The molecule has 0 bridgehead atoms. The highest BCUT2D eigenvalue weighted by Crippen LogP contribution is 2.65. The number of aromatic nitrogens is 2. The van der Waals surface area contributed by atoms with Gasteiger partial charge in [0.1, 0.15) is 37.3 Å². The molecule has 4 aromatic carbocycles. The van der Waals surface area contributed by atoms with Crippen LogP contribution in [0.25, 0.3) is 0 Å². The van der Waals surface area contributed by atoms with E-state index < -0.39 is 48.2 Å². The van der Waals surface area contributed by atoms with Gasteiger partial charge in [-0.15, -0.1) is 0 Å². The van der Waals surface area contributed by atoms with E-state index in [1.165, 1.54) is 10.8 Å². The van der Waals surface area contributed by atoms with Crippen LogP contribution in [-0.2, 0) is 33.4 Å². The first-order valence-corrected chi connectivity index (χ1v) is 22.3. The van der Waals surface area contributed by atoms with E-state index in [4.69, 9.17) is 32.7 Å². The highest BCUT2D eigenvalue weighted by Gasteiger charge is 2.45. The molecule has 7 rings (SSSR count). The predicted octanol–water partition coefficient (Wildman–Crippen LogP) is 6.84. The Bertz CT molecular complexity index is 2250. The molecule has 12 nitrogen and oxygen atoms in total. The number of ether oxygens (including phenoxy) is 5. The zero-order valence-corrected chi connectivity index (χ0v) is 34.9. The molecule has 1 N–H and O–H groups in total. The molecule has 5 aromatic rings. The molecule has 1 unspecified atom stereocenters. The minimum atomic E-state index is -3.95. The van der Waals surface area contributed by atoms with Gasteiger partial charge >= 0.3 is 12.5 Å². The van der Waals surface area contributed by atoms with Crippen LogP contribution in [0.15, 0.2) is 130 Å². The number of H-pyrrole nitrogens is 1. The summed E-state index contributed by atoms with van der Waals surface area (Å²) in [5.41, 5.74) is 0.928. The molecule has 15 heteroatoms. The Balaban J connectivity index is 1.16. The number of aromatic amines is 1. The predicted molar refractivity (Wildman–Crippen MR) is 225 cm³/mol. The Morgan fingerprint density at radius 1 is 0.810 bits per heavy atom. The second-order valence-corrected chi connectivity index (χ2v) is 18.6. The van der Waals surface area contributed by atoms with Crippen LogP contribution in [0.4, 0.5) is 0 Å². The van der Waals surface area contributed by atoms with Gasteiger partial charge in [-0.25, -0.2) is 9.36 Å². The van der Waals surface area contributed by atoms with E-state index in [-0.39, 0.29) is 25.1 Å². The van der Waals surface area contributed by atoms with Crippen molar-refractivity contribution in [1.29, 1.82) is 0 Å². The lowest BCUT2D eigenvalue weighted by Gasteiger charge is -2.37. The molecule has 58 heavy (non-hydrogen) atoms. The largest absolute Gasteiger partial charge is 0.497 e. The van der Waals surface area contributed by atoms with Gasteiger partial charge in [-0.2, -0.15) is 0 Å². The van der Waals surface area contributed by atoms with Crippen LogP contribution in [-0.4, -0.2) is 69.1 Å². The normalized spacial score (nSPS) is 23.0. The van der Waals surface area contributed by atoms with Gasteiger partial charge in [-0.1, -0.05) is 79.7 Å². The summed E-state index contributed by atoms with van der Waals surface area (Å²) in [5.74, 6) is 1.36. The van der Waals surface area contributed by atoms with Crippen LogP contribution in [0.1, 0.15) is 48.2 Å². The van der Waals surface area contributed by atoms with E-state index in [1.54, 1.807) is 21.1 Å². The molecule has 0 radical (unpaired) electrons. The third kappa shape index (κ3) is 9.24. The van der Waals surface area contributed by atoms with Crippen molar-refractivity contribution in [3.05, 3.63) is 158 Å². The van der Waals surface area contributed by atoms with Crippen LogP contribution in [0.2, 0.25) is 0 Å². The Labute approximate surface area is 342 Å². The fourth-order valence-corrected chi connectivity index (χ4v) is 11.0. The first-order chi connectivity index (χ1) is 28.0. The fourth-order valence-electron chi connectivity index (χ4n) is 7.52. The molecule has 2 fully saturated rings. The maximum atomic E-state index is 15.0. The highest BCUT2D eigenvalue weighted by atomic mass is 32.7. The molecule has 1 aromatic heterocycles. The Kier molecular flexibility index (Phi) is 13.1. The second-order valence-electron chi connectivity index (χ2n) is 14.6. The van der Waals surface area contributed by atoms with Gasteiger partial charge in [0.15, 0.2) is 0 Å². The zero-order chi connectivity index (χ0) is 40.9. The fraction of sp³-hybridized carbons (Fsp3) is 0.349. The molecule has 0 amide bonds.